The number of rotatable bonds is 5. The van der Waals surface area contributed by atoms with Crippen molar-refractivity contribution in [2.24, 2.45) is 0 Å². The van der Waals surface area contributed by atoms with Crippen molar-refractivity contribution in [3.63, 3.8) is 0 Å². The standard InChI is InChI=1S/C19H14F4N2O3/c1-27-16-10-25(15-4-2-3-13(9-15)19(21,22)23)24-17(16)18(26)28-11-12-5-7-14(20)8-6-12/h2-10H,11H2,1H3. The largest absolute Gasteiger partial charge is 0.493 e. The van der Waals surface area contributed by atoms with Crippen molar-refractivity contribution in [2.45, 2.75) is 12.8 Å². The Morgan fingerprint density at radius 3 is 2.50 bits per heavy atom. The molecule has 1 heterocycles. The van der Waals surface area contributed by atoms with Gasteiger partial charge in [-0.1, -0.05) is 18.2 Å². The summed E-state index contributed by atoms with van der Waals surface area (Å²) in [5.74, 6) is -1.20. The maximum Gasteiger partial charge on any atom is 0.416 e. The predicted molar refractivity (Wildman–Crippen MR) is 90.6 cm³/mol. The first kappa shape index (κ1) is 19.4. The number of esters is 1. The van der Waals surface area contributed by atoms with E-state index in [2.05, 4.69) is 5.10 Å². The number of nitrogens with zero attached hydrogens (tertiary/aromatic N) is 2. The highest BCUT2D eigenvalue weighted by Gasteiger charge is 2.31. The average Bonchev–Trinajstić information content (AvgIpc) is 3.11. The van der Waals surface area contributed by atoms with E-state index in [-0.39, 0.29) is 23.7 Å². The quantitative estimate of drug-likeness (QED) is 0.476. The van der Waals surface area contributed by atoms with E-state index in [1.165, 1.54) is 49.7 Å². The van der Waals surface area contributed by atoms with Crippen LogP contribution in [0.3, 0.4) is 0 Å². The zero-order valence-corrected chi connectivity index (χ0v) is 14.5. The van der Waals surface area contributed by atoms with E-state index in [4.69, 9.17) is 9.47 Å². The zero-order valence-electron chi connectivity index (χ0n) is 14.5. The van der Waals surface area contributed by atoms with Crippen molar-refractivity contribution in [2.75, 3.05) is 7.11 Å². The summed E-state index contributed by atoms with van der Waals surface area (Å²) in [5.41, 5.74) is -0.376. The van der Waals surface area contributed by atoms with Crippen LogP contribution in [0.1, 0.15) is 21.6 Å². The molecule has 0 fully saturated rings. The summed E-state index contributed by atoms with van der Waals surface area (Å²) >= 11 is 0. The first-order valence-corrected chi connectivity index (χ1v) is 8.01. The topological polar surface area (TPSA) is 53.4 Å². The van der Waals surface area contributed by atoms with Crippen LogP contribution in [0.2, 0.25) is 0 Å². The Balaban J connectivity index is 1.82. The van der Waals surface area contributed by atoms with Crippen LogP contribution in [-0.2, 0) is 17.5 Å². The first-order chi connectivity index (χ1) is 13.3. The third kappa shape index (κ3) is 4.30. The lowest BCUT2D eigenvalue weighted by molar-refractivity contribution is -0.137. The van der Waals surface area contributed by atoms with Crippen LogP contribution in [0.15, 0.2) is 54.7 Å². The lowest BCUT2D eigenvalue weighted by atomic mass is 10.2. The van der Waals surface area contributed by atoms with E-state index in [1.807, 2.05) is 0 Å². The average molecular weight is 394 g/mol. The summed E-state index contributed by atoms with van der Waals surface area (Å²) in [6, 6.07) is 9.86. The van der Waals surface area contributed by atoms with Gasteiger partial charge >= 0.3 is 12.1 Å². The number of alkyl halides is 3. The molecule has 0 aliphatic heterocycles. The Bertz CT molecular complexity index is 982. The van der Waals surface area contributed by atoms with Gasteiger partial charge in [-0.15, -0.1) is 0 Å². The Morgan fingerprint density at radius 2 is 1.86 bits per heavy atom. The van der Waals surface area contributed by atoms with Gasteiger partial charge in [0.1, 0.15) is 12.4 Å². The number of hydrogen-bond acceptors (Lipinski definition) is 4. The van der Waals surface area contributed by atoms with Crippen molar-refractivity contribution >= 4 is 5.97 Å². The predicted octanol–water partition coefficient (Wildman–Crippen LogP) is 4.40. The molecule has 0 saturated heterocycles. The summed E-state index contributed by atoms with van der Waals surface area (Å²) < 4.78 is 62.9. The fraction of sp³-hybridized carbons (Fsp3) is 0.158. The minimum Gasteiger partial charge on any atom is -0.493 e. The number of carbonyl (C=O) groups is 1. The summed E-state index contributed by atoms with van der Waals surface area (Å²) in [6.07, 6.45) is -3.23. The van der Waals surface area contributed by atoms with Gasteiger partial charge in [-0.05, 0) is 35.9 Å². The number of halogens is 4. The second-order valence-corrected chi connectivity index (χ2v) is 5.74. The molecule has 0 N–H and O–H groups in total. The molecule has 146 valence electrons. The molecule has 0 bridgehead atoms. The molecule has 0 radical (unpaired) electrons. The molecule has 0 aliphatic rings. The Kier molecular flexibility index (Phi) is 5.34. The van der Waals surface area contributed by atoms with E-state index < -0.39 is 23.5 Å². The summed E-state index contributed by atoms with van der Waals surface area (Å²) in [4.78, 5) is 12.3. The minimum atomic E-state index is -4.51. The van der Waals surface area contributed by atoms with E-state index in [1.54, 1.807) is 0 Å². The fourth-order valence-corrected chi connectivity index (χ4v) is 2.40. The molecule has 0 aliphatic carbocycles. The third-order valence-electron chi connectivity index (χ3n) is 3.82. The van der Waals surface area contributed by atoms with E-state index in [9.17, 15) is 22.4 Å². The third-order valence-corrected chi connectivity index (χ3v) is 3.82. The van der Waals surface area contributed by atoms with E-state index in [0.717, 1.165) is 16.8 Å². The van der Waals surface area contributed by atoms with Crippen LogP contribution in [0.25, 0.3) is 5.69 Å². The van der Waals surface area contributed by atoms with Gasteiger partial charge in [0.15, 0.2) is 5.75 Å². The SMILES string of the molecule is COc1cn(-c2cccc(C(F)(F)F)c2)nc1C(=O)OCc1ccc(F)cc1. The highest BCUT2D eigenvalue weighted by molar-refractivity contribution is 5.90. The van der Waals surface area contributed by atoms with Crippen molar-refractivity contribution in [1.29, 1.82) is 0 Å². The highest BCUT2D eigenvalue weighted by Crippen LogP contribution is 2.31. The molecule has 1 aromatic heterocycles. The van der Waals surface area contributed by atoms with Gasteiger partial charge in [0.05, 0.1) is 24.6 Å². The number of benzene rings is 2. The van der Waals surface area contributed by atoms with Crippen LogP contribution in [0.5, 0.6) is 5.75 Å². The minimum absolute atomic E-state index is 0.0431. The van der Waals surface area contributed by atoms with Gasteiger partial charge in [0, 0.05) is 0 Å². The van der Waals surface area contributed by atoms with Gasteiger partial charge in [-0.25, -0.2) is 13.9 Å². The van der Waals surface area contributed by atoms with Crippen LogP contribution in [0.4, 0.5) is 17.6 Å². The van der Waals surface area contributed by atoms with Gasteiger partial charge in [0.2, 0.25) is 5.69 Å². The number of methoxy groups -OCH3 is 1. The van der Waals surface area contributed by atoms with Gasteiger partial charge in [-0.2, -0.15) is 18.3 Å². The Morgan fingerprint density at radius 1 is 1.14 bits per heavy atom. The fourth-order valence-electron chi connectivity index (χ4n) is 2.40. The lowest BCUT2D eigenvalue weighted by Gasteiger charge is -2.08. The van der Waals surface area contributed by atoms with Crippen molar-refractivity contribution in [3.05, 3.63) is 77.4 Å². The van der Waals surface area contributed by atoms with Gasteiger partial charge < -0.3 is 9.47 Å². The molecule has 0 atom stereocenters. The zero-order chi connectivity index (χ0) is 20.3. The Labute approximate surface area is 157 Å². The van der Waals surface area contributed by atoms with Gasteiger partial charge in [0.25, 0.3) is 0 Å². The molecular weight excluding hydrogens is 380 g/mol. The van der Waals surface area contributed by atoms with Crippen LogP contribution in [0, 0.1) is 5.82 Å². The molecule has 3 rings (SSSR count). The number of hydrogen-bond donors (Lipinski definition) is 0. The maximum absolute atomic E-state index is 12.9. The smallest absolute Gasteiger partial charge is 0.416 e. The molecule has 0 saturated carbocycles. The lowest BCUT2D eigenvalue weighted by Crippen LogP contribution is -2.09. The van der Waals surface area contributed by atoms with Gasteiger partial charge in [-0.3, -0.25) is 0 Å². The van der Waals surface area contributed by atoms with Crippen molar-refractivity contribution in [1.82, 2.24) is 9.78 Å². The van der Waals surface area contributed by atoms with Crippen molar-refractivity contribution < 1.29 is 31.8 Å². The molecule has 5 nitrogen and oxygen atoms in total. The monoisotopic (exact) mass is 394 g/mol. The number of carbonyl (C=O) groups excluding carboxylic acids is 1. The molecule has 0 amide bonds. The number of ether oxygens (including phenoxy) is 2. The highest BCUT2D eigenvalue weighted by atomic mass is 19.4. The van der Waals surface area contributed by atoms with Crippen LogP contribution < -0.4 is 4.74 Å². The molecule has 28 heavy (non-hydrogen) atoms. The molecule has 2 aromatic carbocycles. The number of aromatic nitrogens is 2. The summed E-state index contributed by atoms with van der Waals surface area (Å²) in [6.45, 7) is -0.126. The first-order valence-electron chi connectivity index (χ1n) is 8.01. The molecule has 3 aromatic rings. The molecule has 9 heteroatoms. The normalized spacial score (nSPS) is 11.3. The summed E-state index contributed by atoms with van der Waals surface area (Å²) in [7, 11) is 1.30. The second kappa shape index (κ2) is 7.71. The molecule has 0 unspecified atom stereocenters. The van der Waals surface area contributed by atoms with Crippen LogP contribution in [-0.4, -0.2) is 22.9 Å². The maximum atomic E-state index is 12.9. The summed E-state index contributed by atoms with van der Waals surface area (Å²) in [5, 5.41) is 3.99. The van der Waals surface area contributed by atoms with Crippen molar-refractivity contribution in [3.8, 4) is 11.4 Å². The van der Waals surface area contributed by atoms with E-state index in [0.29, 0.717) is 5.56 Å². The van der Waals surface area contributed by atoms with E-state index >= 15 is 0 Å². The molecular formula is C19H14F4N2O3. The second-order valence-electron chi connectivity index (χ2n) is 5.74. The van der Waals surface area contributed by atoms with Crippen LogP contribution >= 0.6 is 0 Å². The molecule has 0 spiro atoms. The Hall–Kier alpha value is -3.36.